The fourth-order valence-electron chi connectivity index (χ4n) is 1.33. The van der Waals surface area contributed by atoms with Gasteiger partial charge in [-0.2, -0.15) is 4.98 Å². The maximum Gasteiger partial charge on any atom is 0.314 e. The minimum absolute atomic E-state index is 0.0506. The van der Waals surface area contributed by atoms with Gasteiger partial charge in [-0.25, -0.2) is 9.37 Å². The second kappa shape index (κ2) is 5.15. The second-order valence-corrected chi connectivity index (χ2v) is 3.94. The van der Waals surface area contributed by atoms with Crippen molar-refractivity contribution in [3.05, 3.63) is 51.2 Å². The first-order valence-corrected chi connectivity index (χ1v) is 5.46. The molecule has 0 aliphatic heterocycles. The Morgan fingerprint density at radius 2 is 2.21 bits per heavy atom. The minimum Gasteiger partial charge on any atom is -0.431 e. The SMILES string of the molecule is Cc1cnc(Cl)nc1Oc1ccc(F)cc1[N+](=O)[O-]. The fourth-order valence-corrected chi connectivity index (χ4v) is 1.46. The summed E-state index contributed by atoms with van der Waals surface area (Å²) in [7, 11) is 0. The zero-order valence-electron chi connectivity index (χ0n) is 9.63. The summed E-state index contributed by atoms with van der Waals surface area (Å²) in [5, 5.41) is 10.8. The highest BCUT2D eigenvalue weighted by molar-refractivity contribution is 6.28. The summed E-state index contributed by atoms with van der Waals surface area (Å²) in [6.07, 6.45) is 1.42. The van der Waals surface area contributed by atoms with Gasteiger partial charge >= 0.3 is 5.69 Å². The van der Waals surface area contributed by atoms with Crippen molar-refractivity contribution in [2.45, 2.75) is 6.92 Å². The highest BCUT2D eigenvalue weighted by Crippen LogP contribution is 2.32. The number of benzene rings is 1. The molecule has 2 aromatic rings. The van der Waals surface area contributed by atoms with E-state index in [1.54, 1.807) is 6.92 Å². The fraction of sp³-hybridized carbons (Fsp3) is 0.0909. The summed E-state index contributed by atoms with van der Waals surface area (Å²) < 4.78 is 18.3. The molecule has 0 bridgehead atoms. The van der Waals surface area contributed by atoms with Crippen LogP contribution in [-0.4, -0.2) is 14.9 Å². The molecule has 0 spiro atoms. The number of ether oxygens (including phenoxy) is 1. The molecule has 1 aromatic heterocycles. The molecule has 0 unspecified atom stereocenters. The zero-order valence-corrected chi connectivity index (χ0v) is 10.4. The van der Waals surface area contributed by atoms with Crippen LogP contribution in [0, 0.1) is 22.9 Å². The number of hydrogen-bond acceptors (Lipinski definition) is 5. The van der Waals surface area contributed by atoms with Gasteiger partial charge in [0, 0.05) is 11.8 Å². The van der Waals surface area contributed by atoms with Crippen molar-refractivity contribution in [1.82, 2.24) is 9.97 Å². The van der Waals surface area contributed by atoms with Crippen LogP contribution in [0.2, 0.25) is 5.28 Å². The van der Waals surface area contributed by atoms with E-state index in [1.165, 1.54) is 6.20 Å². The number of rotatable bonds is 3. The Balaban J connectivity index is 2.43. The van der Waals surface area contributed by atoms with E-state index in [4.69, 9.17) is 16.3 Å². The van der Waals surface area contributed by atoms with Crippen molar-refractivity contribution in [3.63, 3.8) is 0 Å². The third kappa shape index (κ3) is 2.94. The molecular formula is C11H7ClFN3O3. The van der Waals surface area contributed by atoms with Gasteiger partial charge in [0.15, 0.2) is 0 Å². The number of nitro benzene ring substituents is 1. The van der Waals surface area contributed by atoms with Crippen LogP contribution < -0.4 is 4.74 Å². The average molecular weight is 284 g/mol. The van der Waals surface area contributed by atoms with Crippen LogP contribution in [0.25, 0.3) is 0 Å². The molecule has 6 nitrogen and oxygen atoms in total. The summed E-state index contributed by atoms with van der Waals surface area (Å²) in [4.78, 5) is 17.6. The van der Waals surface area contributed by atoms with Crippen LogP contribution >= 0.6 is 11.6 Å². The Kier molecular flexibility index (Phi) is 3.57. The molecule has 8 heteroatoms. The summed E-state index contributed by atoms with van der Waals surface area (Å²) in [5.41, 5.74) is 0.0529. The third-order valence-electron chi connectivity index (χ3n) is 2.22. The van der Waals surface area contributed by atoms with E-state index in [0.717, 1.165) is 18.2 Å². The van der Waals surface area contributed by atoms with Crippen molar-refractivity contribution in [2.24, 2.45) is 0 Å². The lowest BCUT2D eigenvalue weighted by atomic mass is 10.3. The molecule has 0 aliphatic rings. The van der Waals surface area contributed by atoms with Gasteiger partial charge in [-0.3, -0.25) is 10.1 Å². The quantitative estimate of drug-likeness (QED) is 0.491. The smallest absolute Gasteiger partial charge is 0.314 e. The van der Waals surface area contributed by atoms with Crippen molar-refractivity contribution >= 4 is 17.3 Å². The number of aromatic nitrogens is 2. The summed E-state index contributed by atoms with van der Waals surface area (Å²) in [6, 6.07) is 2.98. The molecule has 1 aromatic carbocycles. The van der Waals surface area contributed by atoms with Crippen molar-refractivity contribution in [2.75, 3.05) is 0 Å². The first-order chi connectivity index (χ1) is 8.97. The lowest BCUT2D eigenvalue weighted by molar-refractivity contribution is -0.385. The van der Waals surface area contributed by atoms with Crippen LogP contribution in [0.5, 0.6) is 11.6 Å². The highest BCUT2D eigenvalue weighted by atomic mass is 35.5. The van der Waals surface area contributed by atoms with E-state index in [0.29, 0.717) is 5.56 Å². The zero-order chi connectivity index (χ0) is 14.0. The first kappa shape index (κ1) is 13.2. The molecule has 0 saturated heterocycles. The molecule has 0 fully saturated rings. The second-order valence-electron chi connectivity index (χ2n) is 3.60. The largest absolute Gasteiger partial charge is 0.431 e. The molecule has 0 saturated carbocycles. The summed E-state index contributed by atoms with van der Waals surface area (Å²) in [6.45, 7) is 1.65. The van der Waals surface area contributed by atoms with Crippen LogP contribution in [0.15, 0.2) is 24.4 Å². The maximum absolute atomic E-state index is 13.0. The Labute approximate surface area is 112 Å². The molecule has 2 rings (SSSR count). The van der Waals surface area contributed by atoms with Crippen molar-refractivity contribution < 1.29 is 14.1 Å². The highest BCUT2D eigenvalue weighted by Gasteiger charge is 2.18. The Hall–Kier alpha value is -2.28. The monoisotopic (exact) mass is 283 g/mol. The number of hydrogen-bond donors (Lipinski definition) is 0. The molecule has 0 aliphatic carbocycles. The van der Waals surface area contributed by atoms with Gasteiger partial charge in [0.2, 0.25) is 16.9 Å². The number of halogens is 2. The normalized spacial score (nSPS) is 10.3. The van der Waals surface area contributed by atoms with Crippen LogP contribution in [-0.2, 0) is 0 Å². The number of aryl methyl sites for hydroxylation is 1. The molecule has 0 radical (unpaired) electrons. The van der Waals surface area contributed by atoms with Crippen LogP contribution in [0.1, 0.15) is 5.56 Å². The third-order valence-corrected chi connectivity index (χ3v) is 2.40. The molecule has 1 heterocycles. The molecule has 19 heavy (non-hydrogen) atoms. The van der Waals surface area contributed by atoms with Gasteiger partial charge in [-0.15, -0.1) is 0 Å². The van der Waals surface area contributed by atoms with Gasteiger partial charge in [0.1, 0.15) is 5.82 Å². The topological polar surface area (TPSA) is 78.2 Å². The van der Waals surface area contributed by atoms with Crippen molar-refractivity contribution in [1.29, 1.82) is 0 Å². The summed E-state index contributed by atoms with van der Waals surface area (Å²) in [5.74, 6) is -0.768. The predicted octanol–water partition coefficient (Wildman–Crippen LogP) is 3.28. The van der Waals surface area contributed by atoms with Gasteiger partial charge in [-0.05, 0) is 30.7 Å². The molecule has 0 N–H and O–H groups in total. The van der Waals surface area contributed by atoms with E-state index in [1.807, 2.05) is 0 Å². The number of nitrogens with zero attached hydrogens (tertiary/aromatic N) is 3. The lowest BCUT2D eigenvalue weighted by Gasteiger charge is -2.07. The average Bonchev–Trinajstić information content (AvgIpc) is 2.35. The van der Waals surface area contributed by atoms with Gasteiger partial charge in [-0.1, -0.05) is 0 Å². The number of nitro groups is 1. The van der Waals surface area contributed by atoms with Gasteiger partial charge in [0.05, 0.1) is 11.0 Å². The summed E-state index contributed by atoms with van der Waals surface area (Å²) >= 11 is 5.61. The Bertz CT molecular complexity index is 651. The lowest BCUT2D eigenvalue weighted by Crippen LogP contribution is -1.98. The predicted molar refractivity (Wildman–Crippen MR) is 64.9 cm³/mol. The first-order valence-electron chi connectivity index (χ1n) is 5.08. The Morgan fingerprint density at radius 3 is 2.89 bits per heavy atom. The van der Waals surface area contributed by atoms with E-state index in [-0.39, 0.29) is 16.9 Å². The molecule has 98 valence electrons. The van der Waals surface area contributed by atoms with Gasteiger partial charge < -0.3 is 4.74 Å². The minimum atomic E-state index is -0.740. The molecule has 0 amide bonds. The van der Waals surface area contributed by atoms with Gasteiger partial charge in [0.25, 0.3) is 0 Å². The van der Waals surface area contributed by atoms with Crippen LogP contribution in [0.4, 0.5) is 10.1 Å². The molecular weight excluding hydrogens is 277 g/mol. The standard InChI is InChI=1S/C11H7ClFN3O3/c1-6-5-14-11(12)15-10(6)19-9-3-2-7(13)4-8(9)16(17)18/h2-5H,1H3. The molecule has 0 atom stereocenters. The van der Waals surface area contributed by atoms with E-state index >= 15 is 0 Å². The van der Waals surface area contributed by atoms with E-state index in [2.05, 4.69) is 9.97 Å². The van der Waals surface area contributed by atoms with Crippen molar-refractivity contribution in [3.8, 4) is 11.6 Å². The Morgan fingerprint density at radius 1 is 1.47 bits per heavy atom. The van der Waals surface area contributed by atoms with Crippen LogP contribution in [0.3, 0.4) is 0 Å². The maximum atomic E-state index is 13.0. The van der Waals surface area contributed by atoms with E-state index in [9.17, 15) is 14.5 Å². The van der Waals surface area contributed by atoms with E-state index < -0.39 is 16.4 Å².